The van der Waals surface area contributed by atoms with Crippen molar-refractivity contribution in [2.45, 2.75) is 32.7 Å². The van der Waals surface area contributed by atoms with E-state index in [1.807, 2.05) is 0 Å². The first-order valence-electron chi connectivity index (χ1n) is 8.72. The number of likely N-dealkylation sites (tertiary alicyclic amines) is 1. The van der Waals surface area contributed by atoms with Crippen molar-refractivity contribution in [1.82, 2.24) is 15.1 Å². The van der Waals surface area contributed by atoms with E-state index in [9.17, 15) is 8.78 Å². The van der Waals surface area contributed by atoms with Crippen molar-refractivity contribution >= 4 is 5.96 Å². The monoisotopic (exact) mass is 338 g/mol. The Hall–Kier alpha value is -1.69. The third kappa shape index (κ3) is 4.66. The van der Waals surface area contributed by atoms with Gasteiger partial charge in [0.15, 0.2) is 5.96 Å². The Morgan fingerprint density at radius 2 is 2.08 bits per heavy atom. The van der Waals surface area contributed by atoms with Gasteiger partial charge in [-0.05, 0) is 49.7 Å². The number of hydrogen-bond donors (Lipinski definition) is 1. The van der Waals surface area contributed by atoms with Gasteiger partial charge in [-0.2, -0.15) is 0 Å². The first-order chi connectivity index (χ1) is 11.6. The minimum absolute atomic E-state index is 0.365. The maximum atomic E-state index is 13.7. The van der Waals surface area contributed by atoms with Crippen molar-refractivity contribution in [2.75, 3.05) is 39.8 Å². The fourth-order valence-corrected chi connectivity index (χ4v) is 3.35. The van der Waals surface area contributed by atoms with Gasteiger partial charge in [0.1, 0.15) is 11.6 Å². The summed E-state index contributed by atoms with van der Waals surface area (Å²) in [5.74, 6) is 0.0646. The largest absolute Gasteiger partial charge is 0.356 e. The van der Waals surface area contributed by atoms with E-state index in [-0.39, 0.29) is 5.82 Å². The van der Waals surface area contributed by atoms with Crippen LogP contribution in [-0.2, 0) is 6.42 Å². The van der Waals surface area contributed by atoms with E-state index in [4.69, 9.17) is 0 Å². The predicted molar refractivity (Wildman–Crippen MR) is 94.3 cm³/mol. The molecule has 0 bridgehead atoms. The lowest BCUT2D eigenvalue weighted by molar-refractivity contribution is 0.223. The van der Waals surface area contributed by atoms with Gasteiger partial charge in [-0.25, -0.2) is 8.78 Å². The number of benzene rings is 1. The molecule has 0 aliphatic carbocycles. The highest BCUT2D eigenvalue weighted by Gasteiger charge is 2.27. The molecule has 134 valence electrons. The Balaban J connectivity index is 1.86. The lowest BCUT2D eigenvalue weighted by Gasteiger charge is -2.27. The van der Waals surface area contributed by atoms with Crippen molar-refractivity contribution in [3.63, 3.8) is 0 Å². The molecule has 0 amide bonds. The van der Waals surface area contributed by atoms with E-state index < -0.39 is 5.82 Å². The van der Waals surface area contributed by atoms with Crippen LogP contribution in [0.3, 0.4) is 0 Å². The van der Waals surface area contributed by atoms with Crippen molar-refractivity contribution < 1.29 is 8.78 Å². The minimum atomic E-state index is -0.405. The average Bonchev–Trinajstić information content (AvgIpc) is 3.05. The zero-order valence-electron chi connectivity index (χ0n) is 14.9. The summed E-state index contributed by atoms with van der Waals surface area (Å²) in [6, 6.07) is 4.13. The van der Waals surface area contributed by atoms with Crippen LogP contribution in [0.5, 0.6) is 0 Å². The molecule has 1 fully saturated rings. The number of guanidine groups is 1. The summed E-state index contributed by atoms with van der Waals surface area (Å²) in [5, 5.41) is 3.27. The molecule has 6 heteroatoms. The summed E-state index contributed by atoms with van der Waals surface area (Å²) >= 11 is 0. The lowest BCUT2D eigenvalue weighted by atomic mass is 10.1. The highest BCUT2D eigenvalue weighted by atomic mass is 19.1. The van der Waals surface area contributed by atoms with Gasteiger partial charge in [0, 0.05) is 32.7 Å². The standard InChI is InChI=1S/C18H28F2N4/c1-4-23(5-2)16-9-11-24(13-16)18(21-3)22-10-8-14-12-15(19)6-7-17(14)20/h6-7,12,16H,4-5,8-11,13H2,1-3H3,(H,21,22). The van der Waals surface area contributed by atoms with E-state index in [1.54, 1.807) is 7.05 Å². The molecule has 1 aromatic carbocycles. The van der Waals surface area contributed by atoms with Crippen LogP contribution in [0.15, 0.2) is 23.2 Å². The van der Waals surface area contributed by atoms with Gasteiger partial charge in [-0.3, -0.25) is 9.89 Å². The Morgan fingerprint density at radius 1 is 1.33 bits per heavy atom. The average molecular weight is 338 g/mol. The van der Waals surface area contributed by atoms with Crippen LogP contribution in [0, 0.1) is 11.6 Å². The zero-order valence-corrected chi connectivity index (χ0v) is 14.9. The Morgan fingerprint density at radius 3 is 2.75 bits per heavy atom. The highest BCUT2D eigenvalue weighted by molar-refractivity contribution is 5.80. The van der Waals surface area contributed by atoms with E-state index in [1.165, 1.54) is 12.1 Å². The molecular formula is C18H28F2N4. The van der Waals surface area contributed by atoms with E-state index >= 15 is 0 Å². The quantitative estimate of drug-likeness (QED) is 0.639. The maximum absolute atomic E-state index is 13.7. The van der Waals surface area contributed by atoms with Crippen LogP contribution >= 0.6 is 0 Å². The van der Waals surface area contributed by atoms with Gasteiger partial charge >= 0.3 is 0 Å². The molecule has 1 heterocycles. The number of halogens is 2. The number of hydrogen-bond acceptors (Lipinski definition) is 2. The summed E-state index contributed by atoms with van der Waals surface area (Å²) in [5.41, 5.74) is 0.389. The van der Waals surface area contributed by atoms with Crippen LogP contribution in [-0.4, -0.2) is 61.6 Å². The molecular weight excluding hydrogens is 310 g/mol. The molecule has 1 N–H and O–H groups in total. The second-order valence-electron chi connectivity index (χ2n) is 6.07. The Labute approximate surface area is 143 Å². The predicted octanol–water partition coefficient (Wildman–Crippen LogP) is 2.50. The third-order valence-corrected chi connectivity index (χ3v) is 4.69. The highest BCUT2D eigenvalue weighted by Crippen LogP contribution is 2.15. The molecule has 0 saturated carbocycles. The van der Waals surface area contributed by atoms with Crippen LogP contribution < -0.4 is 5.32 Å². The Kier molecular flexibility index (Phi) is 6.97. The van der Waals surface area contributed by atoms with Gasteiger partial charge < -0.3 is 10.2 Å². The van der Waals surface area contributed by atoms with Gasteiger partial charge in [0.25, 0.3) is 0 Å². The summed E-state index contributed by atoms with van der Waals surface area (Å²) in [6.07, 6.45) is 1.55. The van der Waals surface area contributed by atoms with Gasteiger partial charge in [-0.15, -0.1) is 0 Å². The molecule has 2 rings (SSSR count). The van der Waals surface area contributed by atoms with E-state index in [2.05, 4.69) is 34.0 Å². The fraction of sp³-hybridized carbons (Fsp3) is 0.611. The molecule has 0 aromatic heterocycles. The van der Waals surface area contributed by atoms with Crippen molar-refractivity contribution in [1.29, 1.82) is 0 Å². The molecule has 1 aliphatic heterocycles. The molecule has 1 aromatic rings. The van der Waals surface area contributed by atoms with Gasteiger partial charge in [0.2, 0.25) is 0 Å². The third-order valence-electron chi connectivity index (χ3n) is 4.69. The minimum Gasteiger partial charge on any atom is -0.356 e. The normalized spacial score (nSPS) is 18.5. The van der Waals surface area contributed by atoms with Crippen LogP contribution in [0.4, 0.5) is 8.78 Å². The molecule has 1 atom stereocenters. The van der Waals surface area contributed by atoms with Crippen molar-refractivity contribution in [3.05, 3.63) is 35.4 Å². The van der Waals surface area contributed by atoms with Gasteiger partial charge in [-0.1, -0.05) is 13.8 Å². The fourth-order valence-electron chi connectivity index (χ4n) is 3.35. The van der Waals surface area contributed by atoms with E-state index in [0.29, 0.717) is 24.6 Å². The summed E-state index contributed by atoms with van der Waals surface area (Å²) in [6.45, 7) is 8.93. The number of nitrogens with one attached hydrogen (secondary N) is 1. The molecule has 1 aliphatic rings. The van der Waals surface area contributed by atoms with Gasteiger partial charge in [0.05, 0.1) is 0 Å². The summed E-state index contributed by atoms with van der Waals surface area (Å²) in [4.78, 5) is 9.04. The van der Waals surface area contributed by atoms with Crippen molar-refractivity contribution in [3.8, 4) is 0 Å². The van der Waals surface area contributed by atoms with Crippen LogP contribution in [0.2, 0.25) is 0 Å². The topological polar surface area (TPSA) is 30.9 Å². The van der Waals surface area contributed by atoms with Crippen LogP contribution in [0.25, 0.3) is 0 Å². The van der Waals surface area contributed by atoms with Crippen LogP contribution in [0.1, 0.15) is 25.8 Å². The zero-order chi connectivity index (χ0) is 17.5. The summed E-state index contributed by atoms with van der Waals surface area (Å²) < 4.78 is 26.9. The smallest absolute Gasteiger partial charge is 0.193 e. The van der Waals surface area contributed by atoms with E-state index in [0.717, 1.165) is 44.6 Å². The first kappa shape index (κ1) is 18.6. The second-order valence-corrected chi connectivity index (χ2v) is 6.07. The lowest BCUT2D eigenvalue weighted by Crippen LogP contribution is -2.43. The molecule has 1 saturated heterocycles. The first-order valence-corrected chi connectivity index (χ1v) is 8.72. The number of rotatable bonds is 6. The molecule has 24 heavy (non-hydrogen) atoms. The second kappa shape index (κ2) is 8.97. The number of likely N-dealkylation sites (N-methyl/N-ethyl adjacent to an activating group) is 1. The Bertz CT molecular complexity index is 558. The summed E-state index contributed by atoms with van der Waals surface area (Å²) in [7, 11) is 1.76. The maximum Gasteiger partial charge on any atom is 0.193 e. The molecule has 4 nitrogen and oxygen atoms in total. The molecule has 1 unspecified atom stereocenters. The van der Waals surface area contributed by atoms with Crippen molar-refractivity contribution in [2.24, 2.45) is 4.99 Å². The molecule has 0 spiro atoms. The molecule has 0 radical (unpaired) electrons. The number of nitrogens with zero attached hydrogens (tertiary/aromatic N) is 3. The SMILES string of the molecule is CCN(CC)C1CCN(C(=NC)NCCc2cc(F)ccc2F)C1. The number of aliphatic imine (C=N–C) groups is 1.